The zero-order chi connectivity index (χ0) is 47.4. The lowest BCUT2D eigenvalue weighted by Gasteiger charge is -2.47. The quantitative estimate of drug-likeness (QED) is 0.0808. The van der Waals surface area contributed by atoms with Gasteiger partial charge in [0.2, 0.25) is 23.6 Å². The van der Waals surface area contributed by atoms with Crippen LogP contribution in [0.15, 0.2) is 60.7 Å². The predicted molar refractivity (Wildman–Crippen MR) is 262 cm³/mol. The summed E-state index contributed by atoms with van der Waals surface area (Å²) in [5.41, 5.74) is 0.617. The third-order valence-electron chi connectivity index (χ3n) is 14.2. The molecule has 5 rings (SSSR count). The van der Waals surface area contributed by atoms with E-state index in [1.54, 1.807) is 0 Å². The second-order valence-electron chi connectivity index (χ2n) is 20.8. The Hall–Kier alpha value is -3.84. The number of carbonyl (C=O) groups excluding carboxylic acids is 4. The van der Waals surface area contributed by atoms with Crippen LogP contribution >= 0.6 is 0 Å². The monoisotopic (exact) mass is 916 g/mol. The van der Waals surface area contributed by atoms with Crippen molar-refractivity contribution in [2.75, 3.05) is 39.5 Å². The van der Waals surface area contributed by atoms with Gasteiger partial charge in [-0.3, -0.25) is 24.1 Å². The number of aliphatic hydroxyl groups excluding tert-OH is 1. The van der Waals surface area contributed by atoms with Gasteiger partial charge in [0.25, 0.3) is 0 Å². The van der Waals surface area contributed by atoms with Gasteiger partial charge in [0, 0.05) is 31.0 Å². The number of morpholine rings is 1. The fourth-order valence-corrected chi connectivity index (χ4v) is 10.2. The van der Waals surface area contributed by atoms with Crippen molar-refractivity contribution in [1.29, 1.82) is 0 Å². The minimum absolute atomic E-state index is 0.0266. The zero-order valence-corrected chi connectivity index (χ0v) is 41.1. The highest BCUT2D eigenvalue weighted by Gasteiger charge is 2.58. The van der Waals surface area contributed by atoms with Gasteiger partial charge in [-0.25, -0.2) is 0 Å². The Bertz CT molecular complexity index is 1740. The average molecular weight is 916 g/mol. The van der Waals surface area contributed by atoms with Crippen molar-refractivity contribution in [3.63, 3.8) is 0 Å². The molecule has 3 fully saturated rings. The summed E-state index contributed by atoms with van der Waals surface area (Å²) in [5, 5.41) is 25.2. The molecular weight excluding hydrogens is 831 g/mol. The maximum atomic E-state index is 15.1. The molecule has 4 amide bonds. The van der Waals surface area contributed by atoms with Gasteiger partial charge in [0.1, 0.15) is 23.7 Å². The molecule has 2 aromatic rings. The van der Waals surface area contributed by atoms with Crippen LogP contribution in [0.2, 0.25) is 0 Å². The Kier molecular flexibility index (Phi) is 21.9. The smallest absolute Gasteiger partial charge is 0.243 e. The molecule has 1 aliphatic carbocycles. The molecule has 12 nitrogen and oxygen atoms in total. The molecule has 0 bridgehead atoms. The van der Waals surface area contributed by atoms with E-state index in [0.717, 1.165) is 62.5 Å². The van der Waals surface area contributed by atoms with Gasteiger partial charge in [0.05, 0.1) is 32.5 Å². The van der Waals surface area contributed by atoms with Crippen LogP contribution in [0, 0.1) is 17.3 Å². The molecule has 0 aromatic heterocycles. The number of hydrogen-bond donors (Lipinski definition) is 5. The number of aryl methyl sites for hydroxylation is 1. The highest BCUT2D eigenvalue weighted by Crippen LogP contribution is 2.49. The van der Waals surface area contributed by atoms with Crippen molar-refractivity contribution < 1.29 is 33.8 Å². The number of rotatable bonds is 21. The molecule has 1 saturated carbocycles. The van der Waals surface area contributed by atoms with Gasteiger partial charge >= 0.3 is 0 Å². The number of benzene rings is 2. The first-order valence-electron chi connectivity index (χ1n) is 25.7. The van der Waals surface area contributed by atoms with E-state index in [1.807, 2.05) is 86.3 Å². The van der Waals surface area contributed by atoms with E-state index in [0.29, 0.717) is 58.6 Å². The Labute approximate surface area is 396 Å². The zero-order valence-electron chi connectivity index (χ0n) is 41.1. The molecule has 1 unspecified atom stereocenters. The normalized spacial score (nSPS) is 22.2. The maximum Gasteiger partial charge on any atom is 0.243 e. The van der Waals surface area contributed by atoms with Crippen molar-refractivity contribution in [3.05, 3.63) is 71.8 Å². The van der Waals surface area contributed by atoms with Gasteiger partial charge in [-0.1, -0.05) is 159 Å². The second kappa shape index (κ2) is 27.2. The van der Waals surface area contributed by atoms with E-state index in [1.165, 1.54) is 32.1 Å². The van der Waals surface area contributed by atoms with Gasteiger partial charge in [-0.2, -0.15) is 0 Å². The molecule has 2 saturated heterocycles. The summed E-state index contributed by atoms with van der Waals surface area (Å²) < 4.78 is 11.5. The van der Waals surface area contributed by atoms with E-state index in [2.05, 4.69) is 35.1 Å². The van der Waals surface area contributed by atoms with Crippen molar-refractivity contribution in [1.82, 2.24) is 26.2 Å². The van der Waals surface area contributed by atoms with Crippen LogP contribution in [-0.2, 0) is 41.5 Å². The summed E-state index contributed by atoms with van der Waals surface area (Å²) in [5.74, 6) is -1.22. The first-order valence-corrected chi connectivity index (χ1v) is 25.7. The van der Waals surface area contributed by atoms with Gasteiger partial charge < -0.3 is 35.8 Å². The summed E-state index contributed by atoms with van der Waals surface area (Å²) in [6.45, 7) is 13.3. The first-order chi connectivity index (χ1) is 31.8. The van der Waals surface area contributed by atoms with Crippen molar-refractivity contribution in [2.24, 2.45) is 17.3 Å². The van der Waals surface area contributed by atoms with Crippen molar-refractivity contribution in [2.45, 2.75) is 186 Å². The Balaban J connectivity index is 1.40. The third-order valence-corrected chi connectivity index (χ3v) is 14.2. The van der Waals surface area contributed by atoms with Crippen molar-refractivity contribution in [3.8, 4) is 0 Å². The lowest BCUT2D eigenvalue weighted by Crippen LogP contribution is -2.62. The van der Waals surface area contributed by atoms with Crippen LogP contribution < -0.4 is 21.3 Å². The summed E-state index contributed by atoms with van der Waals surface area (Å²) in [6, 6.07) is 16.3. The molecule has 368 valence electrons. The molecule has 0 radical (unpaired) electrons. The Morgan fingerprint density at radius 3 is 1.65 bits per heavy atom. The molecule has 6 atom stereocenters. The summed E-state index contributed by atoms with van der Waals surface area (Å²) in [7, 11) is 0. The summed E-state index contributed by atoms with van der Waals surface area (Å²) in [6.07, 6.45) is 15.6. The number of nitrogens with zero attached hydrogens (tertiary/aromatic N) is 1. The standard InChI is InChI=1S/C54H85N5O7/c1-40(2)35-45(56-49(61)44(28-27-42-23-17-15-18-24-42)55-48(60)38-59-31-33-65-34-32-59)50(62)57-46(37-43-25-19-16-20-26-43)51(63)58-47(36-41(3)4)54(52(64)53(5)39-66-53)29-21-13-11-9-7-6-8-10-12-14-22-30-54/h15-20,23-26,40-41,44-47,52,64H,6-14,21-22,27-39H2,1-5H3,(H,55,60)(H,56,61)(H,57,62)(H,58,63)/t44-,45-,46-,47-,52?,53+/m0/s1. The Morgan fingerprint density at radius 1 is 0.636 bits per heavy atom. The lowest BCUT2D eigenvalue weighted by molar-refractivity contribution is -0.135. The van der Waals surface area contributed by atoms with Crippen LogP contribution in [0.25, 0.3) is 0 Å². The fraction of sp³-hybridized carbons (Fsp3) is 0.704. The van der Waals surface area contributed by atoms with E-state index in [9.17, 15) is 19.5 Å². The molecule has 12 heteroatoms. The van der Waals surface area contributed by atoms with E-state index in [-0.39, 0.29) is 42.7 Å². The molecule has 2 heterocycles. The fourth-order valence-electron chi connectivity index (χ4n) is 10.2. The number of amides is 4. The van der Waals surface area contributed by atoms with Crippen LogP contribution in [0.3, 0.4) is 0 Å². The molecule has 3 aliphatic rings. The molecule has 2 aromatic carbocycles. The molecule has 66 heavy (non-hydrogen) atoms. The molecular formula is C54H85N5O7. The first kappa shape index (κ1) is 53.1. The average Bonchev–Trinajstić information content (AvgIpc) is 4.06. The SMILES string of the molecule is CC(C)C[C@H](NC(=O)[C@H](CCc1ccccc1)NC(=O)CN1CCOCC1)C(=O)N[C@@H](Cc1ccccc1)C(=O)N[C@@H](CC(C)C)C1(C(O)[C@@]2(C)CO2)CCCCCCCCCCCCC1. The molecule has 0 spiro atoms. The topological polar surface area (TPSA) is 162 Å². The number of aliphatic hydroxyl groups is 1. The lowest BCUT2D eigenvalue weighted by atomic mass is 9.63. The predicted octanol–water partition coefficient (Wildman–Crippen LogP) is 7.45. The Morgan fingerprint density at radius 2 is 1.12 bits per heavy atom. The van der Waals surface area contributed by atoms with E-state index < -0.39 is 47.1 Å². The number of epoxide rings is 1. The highest BCUT2D eigenvalue weighted by molar-refractivity contribution is 5.94. The number of hydrogen-bond acceptors (Lipinski definition) is 8. The second-order valence-corrected chi connectivity index (χ2v) is 20.8. The van der Waals surface area contributed by atoms with E-state index >= 15 is 4.79 Å². The number of ether oxygens (including phenoxy) is 2. The molecule has 5 N–H and O–H groups in total. The van der Waals surface area contributed by atoms with Crippen LogP contribution in [0.1, 0.15) is 148 Å². The van der Waals surface area contributed by atoms with E-state index in [4.69, 9.17) is 9.47 Å². The summed E-state index contributed by atoms with van der Waals surface area (Å²) >= 11 is 0. The molecule has 2 aliphatic heterocycles. The maximum absolute atomic E-state index is 15.1. The minimum atomic E-state index is -0.969. The van der Waals surface area contributed by atoms with Gasteiger partial charge in [-0.15, -0.1) is 0 Å². The highest BCUT2D eigenvalue weighted by atomic mass is 16.6. The van der Waals surface area contributed by atoms with Crippen molar-refractivity contribution >= 4 is 23.6 Å². The van der Waals surface area contributed by atoms with Crippen LogP contribution in [0.5, 0.6) is 0 Å². The minimum Gasteiger partial charge on any atom is -0.389 e. The number of nitrogens with one attached hydrogen (secondary N) is 4. The van der Waals surface area contributed by atoms with Crippen LogP contribution in [-0.4, -0.2) is 109 Å². The summed E-state index contributed by atoms with van der Waals surface area (Å²) in [4.78, 5) is 59.6. The van der Waals surface area contributed by atoms with Gasteiger partial charge in [-0.05, 0) is 68.4 Å². The van der Waals surface area contributed by atoms with Gasteiger partial charge in [0.15, 0.2) is 0 Å². The van der Waals surface area contributed by atoms with Crippen LogP contribution in [0.4, 0.5) is 0 Å². The largest absolute Gasteiger partial charge is 0.389 e. The number of carbonyl (C=O) groups is 4. The third kappa shape index (κ3) is 17.4.